The Morgan fingerprint density at radius 3 is 2.84 bits per heavy atom. The Labute approximate surface area is 116 Å². The van der Waals surface area contributed by atoms with E-state index in [4.69, 9.17) is 9.72 Å². The molecule has 1 unspecified atom stereocenters. The van der Waals surface area contributed by atoms with Gasteiger partial charge in [-0.1, -0.05) is 27.2 Å². The molecule has 0 bridgehead atoms. The number of imidazole rings is 1. The average molecular weight is 265 g/mol. The van der Waals surface area contributed by atoms with Gasteiger partial charge in [-0.15, -0.1) is 0 Å². The summed E-state index contributed by atoms with van der Waals surface area (Å²) in [6.45, 7) is 9.45. The van der Waals surface area contributed by atoms with Gasteiger partial charge in [0.05, 0.1) is 18.3 Å². The first kappa shape index (κ1) is 14.5. The molecular formula is C15H27N3O. The molecule has 2 rings (SSSR count). The summed E-state index contributed by atoms with van der Waals surface area (Å²) in [7, 11) is 1.79. The predicted octanol–water partition coefficient (Wildman–Crippen LogP) is 2.64. The fraction of sp³-hybridized carbons (Fsp3) is 0.800. The second-order valence-corrected chi connectivity index (χ2v) is 5.71. The third-order valence-electron chi connectivity index (χ3n) is 3.81. The van der Waals surface area contributed by atoms with Crippen molar-refractivity contribution in [3.8, 4) is 0 Å². The topological polar surface area (TPSA) is 39.1 Å². The fourth-order valence-electron chi connectivity index (χ4n) is 2.98. The van der Waals surface area contributed by atoms with Crippen LogP contribution in [0.3, 0.4) is 0 Å². The molecule has 0 radical (unpaired) electrons. The van der Waals surface area contributed by atoms with Gasteiger partial charge < -0.3 is 14.6 Å². The first-order chi connectivity index (χ1) is 9.19. The molecule has 1 aliphatic rings. The van der Waals surface area contributed by atoms with Crippen LogP contribution in [0.15, 0.2) is 0 Å². The van der Waals surface area contributed by atoms with Crippen molar-refractivity contribution < 1.29 is 4.74 Å². The van der Waals surface area contributed by atoms with E-state index in [0.717, 1.165) is 32.5 Å². The third-order valence-corrected chi connectivity index (χ3v) is 3.81. The van der Waals surface area contributed by atoms with Gasteiger partial charge in [0.25, 0.3) is 0 Å². The summed E-state index contributed by atoms with van der Waals surface area (Å²) in [5.41, 5.74) is 2.67. The molecule has 4 heteroatoms. The number of fused-ring (bicyclic) bond motifs is 1. The molecule has 0 spiro atoms. The minimum absolute atomic E-state index is 0.432. The lowest BCUT2D eigenvalue weighted by atomic mass is 10.1. The van der Waals surface area contributed by atoms with Crippen molar-refractivity contribution in [3.05, 3.63) is 17.2 Å². The molecule has 4 nitrogen and oxygen atoms in total. The lowest BCUT2D eigenvalue weighted by molar-refractivity contribution is 0.147. The smallest absolute Gasteiger partial charge is 0.112 e. The Kier molecular flexibility index (Phi) is 4.99. The van der Waals surface area contributed by atoms with Gasteiger partial charge in [0.15, 0.2) is 0 Å². The van der Waals surface area contributed by atoms with E-state index in [-0.39, 0.29) is 0 Å². The number of nitrogens with zero attached hydrogens (tertiary/aromatic N) is 2. The van der Waals surface area contributed by atoms with E-state index >= 15 is 0 Å². The summed E-state index contributed by atoms with van der Waals surface area (Å²) in [5.74, 6) is 1.69. The molecule has 0 amide bonds. The maximum atomic E-state index is 5.44. The predicted molar refractivity (Wildman–Crippen MR) is 77.5 cm³/mol. The molecule has 1 aromatic rings. The van der Waals surface area contributed by atoms with Crippen LogP contribution in [-0.4, -0.2) is 29.8 Å². The summed E-state index contributed by atoms with van der Waals surface area (Å²) < 4.78 is 7.92. The molecule has 0 fully saturated rings. The SMILES string of the molecule is CCCC(COC)n1c(C(C)C)nc2c1CCNC2. The van der Waals surface area contributed by atoms with Gasteiger partial charge in [-0.25, -0.2) is 4.98 Å². The van der Waals surface area contributed by atoms with Crippen molar-refractivity contribution in [2.24, 2.45) is 0 Å². The van der Waals surface area contributed by atoms with E-state index in [1.54, 1.807) is 7.11 Å². The first-order valence-electron chi connectivity index (χ1n) is 7.48. The third kappa shape index (κ3) is 3.00. The first-order valence-corrected chi connectivity index (χ1v) is 7.48. The summed E-state index contributed by atoms with van der Waals surface area (Å²) in [6.07, 6.45) is 3.42. The van der Waals surface area contributed by atoms with E-state index in [2.05, 4.69) is 30.7 Å². The van der Waals surface area contributed by atoms with E-state index in [1.165, 1.54) is 23.6 Å². The van der Waals surface area contributed by atoms with Crippen molar-refractivity contribution in [3.63, 3.8) is 0 Å². The number of hydrogen-bond acceptors (Lipinski definition) is 3. The van der Waals surface area contributed by atoms with Crippen molar-refractivity contribution in [2.75, 3.05) is 20.3 Å². The molecular weight excluding hydrogens is 238 g/mol. The highest BCUT2D eigenvalue weighted by molar-refractivity contribution is 5.22. The minimum Gasteiger partial charge on any atom is -0.383 e. The summed E-state index contributed by atoms with van der Waals surface area (Å²) in [5, 5.41) is 3.42. The van der Waals surface area contributed by atoms with Crippen LogP contribution in [0.1, 0.15) is 62.8 Å². The zero-order valence-electron chi connectivity index (χ0n) is 12.7. The zero-order valence-corrected chi connectivity index (χ0v) is 12.7. The maximum absolute atomic E-state index is 5.44. The summed E-state index contributed by atoms with van der Waals surface area (Å²) in [4.78, 5) is 4.88. The van der Waals surface area contributed by atoms with Gasteiger partial charge in [-0.3, -0.25) is 0 Å². The van der Waals surface area contributed by atoms with Gasteiger partial charge in [0.1, 0.15) is 5.82 Å². The van der Waals surface area contributed by atoms with E-state index in [9.17, 15) is 0 Å². The normalized spacial score (nSPS) is 16.7. The largest absolute Gasteiger partial charge is 0.383 e. The van der Waals surface area contributed by atoms with Crippen molar-refractivity contribution in [1.29, 1.82) is 0 Å². The van der Waals surface area contributed by atoms with Gasteiger partial charge in [-0.05, 0) is 6.42 Å². The Bertz CT molecular complexity index is 406. The Morgan fingerprint density at radius 2 is 2.21 bits per heavy atom. The van der Waals surface area contributed by atoms with Crippen LogP contribution in [-0.2, 0) is 17.7 Å². The van der Waals surface area contributed by atoms with E-state index in [0.29, 0.717) is 12.0 Å². The highest BCUT2D eigenvalue weighted by atomic mass is 16.5. The lowest BCUT2D eigenvalue weighted by Gasteiger charge is -2.25. The molecule has 1 atom stereocenters. The van der Waals surface area contributed by atoms with Gasteiger partial charge in [0.2, 0.25) is 0 Å². The second kappa shape index (κ2) is 6.53. The Hall–Kier alpha value is -0.870. The van der Waals surface area contributed by atoms with Crippen LogP contribution < -0.4 is 5.32 Å². The zero-order chi connectivity index (χ0) is 13.8. The van der Waals surface area contributed by atoms with Gasteiger partial charge in [-0.2, -0.15) is 0 Å². The second-order valence-electron chi connectivity index (χ2n) is 5.71. The molecule has 1 aromatic heterocycles. The average Bonchev–Trinajstić information content (AvgIpc) is 2.78. The van der Waals surface area contributed by atoms with E-state index < -0.39 is 0 Å². The minimum atomic E-state index is 0.432. The molecule has 2 heterocycles. The van der Waals surface area contributed by atoms with Crippen LogP contribution in [0.5, 0.6) is 0 Å². The fourth-order valence-corrected chi connectivity index (χ4v) is 2.98. The monoisotopic (exact) mass is 265 g/mol. The van der Waals surface area contributed by atoms with Crippen molar-refractivity contribution in [2.45, 2.75) is 58.5 Å². The molecule has 0 saturated carbocycles. The van der Waals surface area contributed by atoms with Crippen LogP contribution in [0, 0.1) is 0 Å². The molecule has 1 aliphatic heterocycles. The molecule has 0 saturated heterocycles. The standard InChI is InChI=1S/C15H27N3O/c1-5-6-12(10-19-4)18-14-7-8-16-9-13(14)17-15(18)11(2)3/h11-12,16H,5-10H2,1-4H3. The summed E-state index contributed by atoms with van der Waals surface area (Å²) >= 11 is 0. The van der Waals surface area contributed by atoms with Crippen LogP contribution in [0.25, 0.3) is 0 Å². The highest BCUT2D eigenvalue weighted by Gasteiger charge is 2.25. The number of aromatic nitrogens is 2. The van der Waals surface area contributed by atoms with Crippen LogP contribution in [0.4, 0.5) is 0 Å². The molecule has 0 aliphatic carbocycles. The van der Waals surface area contributed by atoms with Crippen molar-refractivity contribution >= 4 is 0 Å². The number of nitrogens with one attached hydrogen (secondary N) is 1. The summed E-state index contributed by atoms with van der Waals surface area (Å²) in [6, 6.07) is 0.432. The Balaban J connectivity index is 2.41. The number of rotatable bonds is 6. The quantitative estimate of drug-likeness (QED) is 0.859. The maximum Gasteiger partial charge on any atom is 0.112 e. The molecule has 19 heavy (non-hydrogen) atoms. The van der Waals surface area contributed by atoms with Crippen molar-refractivity contribution in [1.82, 2.24) is 14.9 Å². The number of ether oxygens (including phenoxy) is 1. The number of hydrogen-bond donors (Lipinski definition) is 1. The molecule has 0 aromatic carbocycles. The van der Waals surface area contributed by atoms with Gasteiger partial charge >= 0.3 is 0 Å². The van der Waals surface area contributed by atoms with Gasteiger partial charge in [0, 0.05) is 38.2 Å². The Morgan fingerprint density at radius 1 is 1.42 bits per heavy atom. The van der Waals surface area contributed by atoms with Crippen LogP contribution in [0.2, 0.25) is 0 Å². The number of methoxy groups -OCH3 is 1. The van der Waals surface area contributed by atoms with E-state index in [1.807, 2.05) is 0 Å². The lowest BCUT2D eigenvalue weighted by Crippen LogP contribution is -2.27. The highest BCUT2D eigenvalue weighted by Crippen LogP contribution is 2.28. The molecule has 1 N–H and O–H groups in total. The molecule has 108 valence electrons. The van der Waals surface area contributed by atoms with Crippen LogP contribution >= 0.6 is 0 Å².